The highest BCUT2D eigenvalue weighted by molar-refractivity contribution is 5.87. The number of hydrogen-bond donors (Lipinski definition) is 1. The topological polar surface area (TPSA) is 58.4 Å². The van der Waals surface area contributed by atoms with Crippen LogP contribution in [0.25, 0.3) is 0 Å². The number of piperidine rings is 1. The molecule has 1 aromatic heterocycles. The second-order valence-corrected chi connectivity index (χ2v) is 9.91. The molecule has 1 aromatic carbocycles. The second kappa shape index (κ2) is 9.13. The SMILES string of the molecule is C[N+](C)(CCn1cccn1)C1CCN(C(=O)C(O)(c2ccccc2)C2CCCC2)CC1. The fraction of sp³-hybridized carbons (Fsp3) is 0.600. The van der Waals surface area contributed by atoms with Gasteiger partial charge in [-0.3, -0.25) is 9.48 Å². The van der Waals surface area contributed by atoms with Crippen molar-refractivity contribution < 1.29 is 14.4 Å². The third-order valence-electron chi connectivity index (χ3n) is 7.69. The van der Waals surface area contributed by atoms with E-state index in [2.05, 4.69) is 19.2 Å². The number of likely N-dealkylation sites (N-methyl/N-ethyl adjacent to an activating group) is 1. The van der Waals surface area contributed by atoms with Crippen LogP contribution >= 0.6 is 0 Å². The number of aliphatic hydroxyl groups is 1. The Morgan fingerprint density at radius 2 is 1.77 bits per heavy atom. The molecule has 1 saturated carbocycles. The van der Waals surface area contributed by atoms with Crippen molar-refractivity contribution >= 4 is 5.91 Å². The van der Waals surface area contributed by atoms with Gasteiger partial charge in [-0.05, 0) is 24.5 Å². The van der Waals surface area contributed by atoms with Gasteiger partial charge >= 0.3 is 0 Å². The van der Waals surface area contributed by atoms with Crippen molar-refractivity contribution in [3.8, 4) is 0 Å². The van der Waals surface area contributed by atoms with Gasteiger partial charge in [-0.2, -0.15) is 5.10 Å². The summed E-state index contributed by atoms with van der Waals surface area (Å²) in [6, 6.07) is 12.1. The van der Waals surface area contributed by atoms with Gasteiger partial charge in [0.1, 0.15) is 0 Å². The lowest BCUT2D eigenvalue weighted by Gasteiger charge is -2.45. The maximum absolute atomic E-state index is 13.7. The quantitative estimate of drug-likeness (QED) is 0.694. The number of amides is 1. The first-order valence-corrected chi connectivity index (χ1v) is 11.8. The predicted molar refractivity (Wildman–Crippen MR) is 121 cm³/mol. The standard InChI is InChI=1S/C25H37N4O2/c1-29(2,20-19-28-16-8-15-26-28)23-13-17-27(18-14-23)24(30)25(31,22-11-6-7-12-22)21-9-4-3-5-10-21/h3-5,8-10,15-16,22-23,31H,6-7,11-14,17-20H2,1-2H3/q+1. The van der Waals surface area contributed by atoms with E-state index in [1.165, 1.54) is 0 Å². The normalized spacial score (nSPS) is 20.7. The minimum Gasteiger partial charge on any atom is -0.375 e. The van der Waals surface area contributed by atoms with Gasteiger partial charge in [-0.15, -0.1) is 0 Å². The second-order valence-electron chi connectivity index (χ2n) is 9.91. The monoisotopic (exact) mass is 425 g/mol. The number of quaternary nitrogens is 1. The van der Waals surface area contributed by atoms with Crippen LogP contribution in [-0.2, 0) is 16.9 Å². The molecule has 1 atom stereocenters. The molecule has 1 saturated heterocycles. The van der Waals surface area contributed by atoms with Crippen molar-refractivity contribution in [1.29, 1.82) is 0 Å². The molecule has 1 aliphatic heterocycles. The highest BCUT2D eigenvalue weighted by Crippen LogP contribution is 2.42. The molecule has 1 N–H and O–H groups in total. The third-order valence-corrected chi connectivity index (χ3v) is 7.69. The molecular weight excluding hydrogens is 388 g/mol. The van der Waals surface area contributed by atoms with E-state index in [1.807, 2.05) is 58.4 Å². The zero-order valence-corrected chi connectivity index (χ0v) is 19.0. The van der Waals surface area contributed by atoms with E-state index in [9.17, 15) is 9.90 Å². The molecule has 6 nitrogen and oxygen atoms in total. The molecular formula is C25H37N4O2+. The van der Waals surface area contributed by atoms with Gasteiger partial charge < -0.3 is 14.5 Å². The van der Waals surface area contributed by atoms with Crippen molar-refractivity contribution in [2.45, 2.75) is 56.7 Å². The zero-order valence-electron chi connectivity index (χ0n) is 19.0. The molecule has 1 unspecified atom stereocenters. The molecule has 2 heterocycles. The minimum atomic E-state index is -1.39. The Bertz CT molecular complexity index is 838. The zero-order chi connectivity index (χ0) is 21.9. The van der Waals surface area contributed by atoms with Gasteiger partial charge in [-0.1, -0.05) is 43.2 Å². The van der Waals surface area contributed by atoms with E-state index >= 15 is 0 Å². The van der Waals surface area contributed by atoms with Gasteiger partial charge in [-0.25, -0.2) is 0 Å². The number of aromatic nitrogens is 2. The van der Waals surface area contributed by atoms with Gasteiger partial charge in [0.2, 0.25) is 0 Å². The number of hydrogen-bond acceptors (Lipinski definition) is 3. The number of carbonyl (C=O) groups is 1. The first kappa shape index (κ1) is 22.0. The number of likely N-dealkylation sites (tertiary alicyclic amines) is 1. The number of rotatable bonds is 7. The fourth-order valence-electron chi connectivity index (χ4n) is 5.55. The Morgan fingerprint density at radius 1 is 1.10 bits per heavy atom. The van der Waals surface area contributed by atoms with E-state index in [0.717, 1.165) is 74.8 Å². The summed E-state index contributed by atoms with van der Waals surface area (Å²) in [5.41, 5.74) is -0.640. The summed E-state index contributed by atoms with van der Waals surface area (Å²) in [5.74, 6) is -0.0766. The van der Waals surface area contributed by atoms with Crippen LogP contribution in [0.15, 0.2) is 48.8 Å². The van der Waals surface area contributed by atoms with Crippen LogP contribution in [0.4, 0.5) is 0 Å². The van der Waals surface area contributed by atoms with Crippen molar-refractivity contribution in [2.24, 2.45) is 5.92 Å². The van der Waals surface area contributed by atoms with Gasteiger partial charge in [0.05, 0.1) is 33.2 Å². The molecule has 168 valence electrons. The van der Waals surface area contributed by atoms with Crippen LogP contribution in [0.2, 0.25) is 0 Å². The van der Waals surface area contributed by atoms with Crippen molar-refractivity contribution in [3.63, 3.8) is 0 Å². The smallest absolute Gasteiger partial charge is 0.259 e. The largest absolute Gasteiger partial charge is 0.375 e. The van der Waals surface area contributed by atoms with E-state index in [4.69, 9.17) is 0 Å². The van der Waals surface area contributed by atoms with Gasteiger partial charge in [0, 0.05) is 44.2 Å². The molecule has 1 aliphatic carbocycles. The Balaban J connectivity index is 1.42. The molecule has 2 fully saturated rings. The summed E-state index contributed by atoms with van der Waals surface area (Å²) in [7, 11) is 4.56. The predicted octanol–water partition coefficient (Wildman–Crippen LogP) is 3.03. The third kappa shape index (κ3) is 4.55. The van der Waals surface area contributed by atoms with Crippen LogP contribution in [-0.4, -0.2) is 69.9 Å². The molecule has 31 heavy (non-hydrogen) atoms. The number of benzene rings is 1. The molecule has 2 aliphatic rings. The lowest BCUT2D eigenvalue weighted by Crippen LogP contribution is -2.58. The first-order valence-electron chi connectivity index (χ1n) is 11.8. The Morgan fingerprint density at radius 3 is 2.39 bits per heavy atom. The average molecular weight is 426 g/mol. The first-order chi connectivity index (χ1) is 14.9. The summed E-state index contributed by atoms with van der Waals surface area (Å²) in [5, 5.41) is 16.1. The molecule has 1 amide bonds. The van der Waals surface area contributed by atoms with Crippen LogP contribution in [0.1, 0.15) is 44.1 Å². The molecule has 0 radical (unpaired) electrons. The van der Waals surface area contributed by atoms with Gasteiger partial charge in [0.25, 0.3) is 5.91 Å². The fourth-order valence-corrected chi connectivity index (χ4v) is 5.55. The lowest BCUT2D eigenvalue weighted by molar-refractivity contribution is -0.916. The van der Waals surface area contributed by atoms with Crippen LogP contribution in [0.5, 0.6) is 0 Å². The van der Waals surface area contributed by atoms with Crippen LogP contribution in [0.3, 0.4) is 0 Å². The summed E-state index contributed by atoms with van der Waals surface area (Å²) in [6.07, 6.45) is 9.79. The van der Waals surface area contributed by atoms with Crippen molar-refractivity contribution in [1.82, 2.24) is 14.7 Å². The lowest BCUT2D eigenvalue weighted by atomic mass is 9.78. The minimum absolute atomic E-state index is 0.0152. The molecule has 4 rings (SSSR count). The van der Waals surface area contributed by atoms with E-state index in [0.29, 0.717) is 6.04 Å². The van der Waals surface area contributed by atoms with E-state index in [1.54, 1.807) is 0 Å². The van der Waals surface area contributed by atoms with E-state index < -0.39 is 5.60 Å². The molecule has 2 aromatic rings. The summed E-state index contributed by atoms with van der Waals surface area (Å²) < 4.78 is 2.91. The maximum atomic E-state index is 13.7. The highest BCUT2D eigenvalue weighted by Gasteiger charge is 2.49. The summed E-state index contributed by atoms with van der Waals surface area (Å²) in [6.45, 7) is 3.34. The summed E-state index contributed by atoms with van der Waals surface area (Å²) in [4.78, 5) is 15.6. The Hall–Kier alpha value is -2.18. The van der Waals surface area contributed by atoms with Crippen LogP contribution < -0.4 is 0 Å². The Kier molecular flexibility index (Phi) is 6.49. The maximum Gasteiger partial charge on any atom is 0.259 e. The molecule has 0 spiro atoms. The summed E-state index contributed by atoms with van der Waals surface area (Å²) >= 11 is 0. The van der Waals surface area contributed by atoms with Gasteiger partial charge in [0.15, 0.2) is 5.60 Å². The highest BCUT2D eigenvalue weighted by atomic mass is 16.3. The van der Waals surface area contributed by atoms with E-state index in [-0.39, 0.29) is 11.8 Å². The Labute approximate surface area is 186 Å². The number of nitrogens with zero attached hydrogens (tertiary/aromatic N) is 4. The number of carbonyl (C=O) groups excluding carboxylic acids is 1. The van der Waals surface area contributed by atoms with Crippen LogP contribution in [0, 0.1) is 5.92 Å². The average Bonchev–Trinajstić information content (AvgIpc) is 3.52. The molecule has 6 heteroatoms. The van der Waals surface area contributed by atoms with Crippen molar-refractivity contribution in [3.05, 3.63) is 54.4 Å². The van der Waals surface area contributed by atoms with Crippen molar-refractivity contribution in [2.75, 3.05) is 33.7 Å². The molecule has 0 bridgehead atoms.